The van der Waals surface area contributed by atoms with Gasteiger partial charge in [0, 0.05) is 29.2 Å². The molecular formula is C20H17Cl2N3O4S. The highest BCUT2D eigenvalue weighted by molar-refractivity contribution is 8.15. The van der Waals surface area contributed by atoms with E-state index in [1.54, 1.807) is 49.5 Å². The summed E-state index contributed by atoms with van der Waals surface area (Å²) in [5, 5.41) is 3.29. The molecule has 1 N–H and O–H groups in total. The molecule has 3 rings (SSSR count). The summed E-state index contributed by atoms with van der Waals surface area (Å²) in [7, 11) is 2.89. The molecule has 10 heteroatoms. The van der Waals surface area contributed by atoms with Crippen LogP contribution in [0.4, 0.5) is 11.4 Å². The number of esters is 1. The summed E-state index contributed by atoms with van der Waals surface area (Å²) in [6.45, 7) is 0. The highest BCUT2D eigenvalue weighted by Gasteiger charge is 2.34. The molecule has 1 heterocycles. The van der Waals surface area contributed by atoms with Crippen LogP contribution in [0.3, 0.4) is 0 Å². The molecule has 0 saturated carbocycles. The number of carbonyl (C=O) groups excluding carboxylic acids is 3. The summed E-state index contributed by atoms with van der Waals surface area (Å²) >= 11 is 13.2. The third-order valence-corrected chi connectivity index (χ3v) is 5.88. The average Bonchev–Trinajstić information content (AvgIpc) is 2.70. The van der Waals surface area contributed by atoms with Crippen molar-refractivity contribution in [1.82, 2.24) is 4.90 Å². The number of aliphatic imine (C=N–C) groups is 1. The van der Waals surface area contributed by atoms with Crippen LogP contribution in [0.2, 0.25) is 10.0 Å². The molecule has 2 amide bonds. The topological polar surface area (TPSA) is 88.1 Å². The molecule has 1 aliphatic heterocycles. The summed E-state index contributed by atoms with van der Waals surface area (Å²) in [5.74, 6) is -1.04. The van der Waals surface area contributed by atoms with Crippen molar-refractivity contribution in [3.05, 3.63) is 58.1 Å². The molecule has 0 aromatic heterocycles. The quantitative estimate of drug-likeness (QED) is 0.677. The number of anilines is 1. The maximum atomic E-state index is 12.7. The minimum atomic E-state index is -0.664. The van der Waals surface area contributed by atoms with E-state index in [2.05, 4.69) is 15.0 Å². The predicted molar refractivity (Wildman–Crippen MR) is 119 cm³/mol. The molecule has 1 aliphatic rings. The van der Waals surface area contributed by atoms with Crippen molar-refractivity contribution in [1.29, 1.82) is 0 Å². The number of hydrogen-bond acceptors (Lipinski definition) is 6. The molecule has 0 spiro atoms. The lowest BCUT2D eigenvalue weighted by atomic mass is 10.2. The molecule has 1 unspecified atom stereocenters. The second kappa shape index (κ2) is 9.51. The van der Waals surface area contributed by atoms with Gasteiger partial charge in [-0.2, -0.15) is 0 Å². The number of thioether (sulfide) groups is 1. The summed E-state index contributed by atoms with van der Waals surface area (Å²) in [5.41, 5.74) is 1.35. The molecule has 156 valence electrons. The van der Waals surface area contributed by atoms with Crippen molar-refractivity contribution in [3.8, 4) is 0 Å². The van der Waals surface area contributed by atoms with Crippen molar-refractivity contribution in [2.45, 2.75) is 11.7 Å². The molecule has 30 heavy (non-hydrogen) atoms. The van der Waals surface area contributed by atoms with Crippen LogP contribution in [0.1, 0.15) is 16.8 Å². The summed E-state index contributed by atoms with van der Waals surface area (Å²) in [4.78, 5) is 42.4. The van der Waals surface area contributed by atoms with Gasteiger partial charge in [0.25, 0.3) is 0 Å². The van der Waals surface area contributed by atoms with E-state index < -0.39 is 11.2 Å². The zero-order chi connectivity index (χ0) is 21.8. The Morgan fingerprint density at radius 1 is 1.17 bits per heavy atom. The smallest absolute Gasteiger partial charge is 0.337 e. The first kappa shape index (κ1) is 22.1. The summed E-state index contributed by atoms with van der Waals surface area (Å²) < 4.78 is 4.65. The number of methoxy groups -OCH3 is 1. The van der Waals surface area contributed by atoms with Crippen molar-refractivity contribution >= 4 is 69.3 Å². The number of amidine groups is 1. The van der Waals surface area contributed by atoms with Crippen molar-refractivity contribution in [3.63, 3.8) is 0 Å². The maximum absolute atomic E-state index is 12.7. The number of carbonyl (C=O) groups is 3. The fourth-order valence-corrected chi connectivity index (χ4v) is 4.22. The van der Waals surface area contributed by atoms with Gasteiger partial charge in [0.15, 0.2) is 5.17 Å². The van der Waals surface area contributed by atoms with E-state index in [1.165, 1.54) is 23.8 Å². The first-order valence-corrected chi connectivity index (χ1v) is 10.4. The Morgan fingerprint density at radius 3 is 2.40 bits per heavy atom. The van der Waals surface area contributed by atoms with Crippen molar-refractivity contribution < 1.29 is 19.1 Å². The Balaban J connectivity index is 1.75. The second-order valence-corrected chi connectivity index (χ2v) is 8.39. The Morgan fingerprint density at radius 2 is 1.80 bits per heavy atom. The van der Waals surface area contributed by atoms with Crippen LogP contribution in [-0.4, -0.2) is 47.3 Å². The Hall–Kier alpha value is -2.55. The van der Waals surface area contributed by atoms with Crippen LogP contribution in [0.15, 0.2) is 47.5 Å². The van der Waals surface area contributed by atoms with E-state index in [-0.39, 0.29) is 18.2 Å². The van der Waals surface area contributed by atoms with Gasteiger partial charge in [0.05, 0.1) is 18.4 Å². The number of amides is 2. The Kier molecular flexibility index (Phi) is 7.02. The highest BCUT2D eigenvalue weighted by atomic mass is 35.5. The predicted octanol–water partition coefficient (Wildman–Crippen LogP) is 4.37. The van der Waals surface area contributed by atoms with Crippen LogP contribution >= 0.6 is 35.0 Å². The van der Waals surface area contributed by atoms with Crippen LogP contribution in [0.25, 0.3) is 0 Å². The first-order valence-electron chi connectivity index (χ1n) is 8.74. The SMILES string of the molecule is COC(=O)c1ccc(NC(=O)C2CC(=O)N(C)C(=Nc3cc(Cl)cc(Cl)c3)S2)cc1. The molecule has 0 aliphatic carbocycles. The molecule has 2 aromatic carbocycles. The third kappa shape index (κ3) is 5.33. The zero-order valence-corrected chi connectivity index (χ0v) is 18.3. The molecule has 0 radical (unpaired) electrons. The van der Waals surface area contributed by atoms with Gasteiger partial charge in [0.1, 0.15) is 5.25 Å². The molecule has 2 aromatic rings. The standard InChI is InChI=1S/C20H17Cl2N3O4S/c1-25-17(26)10-16(30-20(25)24-15-8-12(21)7-13(22)9-15)18(27)23-14-5-3-11(4-6-14)19(28)29-2/h3-9,16H,10H2,1-2H3,(H,23,27). The molecule has 0 bridgehead atoms. The number of hydrogen-bond donors (Lipinski definition) is 1. The molecule has 1 atom stereocenters. The van der Waals surface area contributed by atoms with E-state index >= 15 is 0 Å². The maximum Gasteiger partial charge on any atom is 0.337 e. The van der Waals surface area contributed by atoms with E-state index in [0.717, 1.165) is 0 Å². The van der Waals surface area contributed by atoms with Crippen molar-refractivity contribution in [2.75, 3.05) is 19.5 Å². The minimum Gasteiger partial charge on any atom is -0.465 e. The lowest BCUT2D eigenvalue weighted by molar-refractivity contribution is -0.128. The fraction of sp³-hybridized carbons (Fsp3) is 0.200. The van der Waals surface area contributed by atoms with Crippen molar-refractivity contribution in [2.24, 2.45) is 4.99 Å². The number of nitrogens with one attached hydrogen (secondary N) is 1. The van der Waals surface area contributed by atoms with Gasteiger partial charge in [-0.15, -0.1) is 0 Å². The molecule has 1 saturated heterocycles. The summed E-state index contributed by atoms with van der Waals surface area (Å²) in [6.07, 6.45) is 0.0303. The average molecular weight is 466 g/mol. The summed E-state index contributed by atoms with van der Waals surface area (Å²) in [6, 6.07) is 11.1. The Labute approximate surface area is 187 Å². The van der Waals surface area contributed by atoms with Gasteiger partial charge < -0.3 is 10.1 Å². The lowest BCUT2D eigenvalue weighted by Gasteiger charge is -2.28. The highest BCUT2D eigenvalue weighted by Crippen LogP contribution is 2.31. The number of ether oxygens (including phenoxy) is 1. The van der Waals surface area contributed by atoms with Gasteiger partial charge in [-0.1, -0.05) is 35.0 Å². The van der Waals surface area contributed by atoms with E-state index in [9.17, 15) is 14.4 Å². The van der Waals surface area contributed by atoms with Crippen LogP contribution in [-0.2, 0) is 14.3 Å². The number of nitrogens with zero attached hydrogens (tertiary/aromatic N) is 2. The van der Waals surface area contributed by atoms with Gasteiger partial charge >= 0.3 is 5.97 Å². The number of benzene rings is 2. The first-order chi connectivity index (χ1) is 14.3. The number of halogens is 2. The van der Waals surface area contributed by atoms with E-state index in [4.69, 9.17) is 23.2 Å². The van der Waals surface area contributed by atoms with E-state index in [0.29, 0.717) is 32.2 Å². The normalized spacial score (nSPS) is 17.7. The molecule has 1 fully saturated rings. The molecular weight excluding hydrogens is 449 g/mol. The second-order valence-electron chi connectivity index (χ2n) is 6.34. The zero-order valence-electron chi connectivity index (χ0n) is 16.0. The Bertz CT molecular complexity index is 1010. The largest absolute Gasteiger partial charge is 0.465 e. The minimum absolute atomic E-state index is 0.0303. The van der Waals surface area contributed by atoms with Crippen LogP contribution in [0, 0.1) is 0 Å². The monoisotopic (exact) mass is 465 g/mol. The van der Waals surface area contributed by atoms with Crippen LogP contribution < -0.4 is 5.32 Å². The van der Waals surface area contributed by atoms with Gasteiger partial charge in [0.2, 0.25) is 11.8 Å². The number of rotatable bonds is 4. The lowest BCUT2D eigenvalue weighted by Crippen LogP contribution is -2.43. The fourth-order valence-electron chi connectivity index (χ4n) is 2.64. The van der Waals surface area contributed by atoms with Gasteiger partial charge in [-0.3, -0.25) is 14.5 Å². The van der Waals surface area contributed by atoms with Crippen LogP contribution in [0.5, 0.6) is 0 Å². The van der Waals surface area contributed by atoms with E-state index in [1.807, 2.05) is 0 Å². The third-order valence-electron chi connectivity index (χ3n) is 4.21. The van der Waals surface area contributed by atoms with Gasteiger partial charge in [-0.25, -0.2) is 9.79 Å². The molecule has 7 nitrogen and oxygen atoms in total. The van der Waals surface area contributed by atoms with Gasteiger partial charge in [-0.05, 0) is 42.5 Å².